The SMILES string of the molecule is C[C@]12CCC(=O)C=C1C(c1ccccc1)C[C@@H]1[C@@H]2CC[C@]2(C)C(O)CC[C@@H]12. The minimum absolute atomic E-state index is 0.102. The standard InChI is InChI=1S/C25H32O2/c1-24-12-10-17(26)14-22(24)18(16-6-4-3-5-7-16)15-19-20-8-9-23(27)25(20,2)13-11-21(19)24/h3-7,14,18-21,23,27H,8-13,15H2,1-2H3/t18?,19-,20-,21-,23?,24+,25-/m0/s1. The first-order chi connectivity index (χ1) is 12.9. The Morgan fingerprint density at radius 3 is 2.56 bits per heavy atom. The van der Waals surface area contributed by atoms with Gasteiger partial charge in [0.2, 0.25) is 0 Å². The molecule has 4 aliphatic carbocycles. The van der Waals surface area contributed by atoms with E-state index in [2.05, 4.69) is 44.2 Å². The molecule has 4 aliphatic rings. The first-order valence-corrected chi connectivity index (χ1v) is 10.9. The largest absolute Gasteiger partial charge is 0.393 e. The fraction of sp³-hybridized carbons (Fsp3) is 0.640. The lowest BCUT2D eigenvalue weighted by molar-refractivity contribution is -0.118. The van der Waals surface area contributed by atoms with Gasteiger partial charge in [0.25, 0.3) is 0 Å². The molecule has 0 aliphatic heterocycles. The summed E-state index contributed by atoms with van der Waals surface area (Å²) in [6.45, 7) is 4.80. The number of hydrogen-bond donors (Lipinski definition) is 1. The van der Waals surface area contributed by atoms with Crippen LogP contribution in [0.15, 0.2) is 42.0 Å². The third kappa shape index (κ3) is 2.45. The molecular formula is C25H32O2. The molecule has 0 spiro atoms. The number of aliphatic hydroxyl groups excluding tert-OH is 1. The van der Waals surface area contributed by atoms with E-state index in [-0.39, 0.29) is 16.9 Å². The number of benzene rings is 1. The van der Waals surface area contributed by atoms with Crippen LogP contribution in [0, 0.1) is 28.6 Å². The summed E-state index contributed by atoms with van der Waals surface area (Å²) >= 11 is 0. The Morgan fingerprint density at radius 2 is 1.78 bits per heavy atom. The van der Waals surface area contributed by atoms with Gasteiger partial charge in [-0.3, -0.25) is 4.79 Å². The van der Waals surface area contributed by atoms with Crippen molar-refractivity contribution in [1.29, 1.82) is 0 Å². The second kappa shape index (κ2) is 6.04. The Labute approximate surface area is 163 Å². The van der Waals surface area contributed by atoms with E-state index in [9.17, 15) is 9.90 Å². The highest BCUT2D eigenvalue weighted by Gasteiger charge is 2.60. The number of fused-ring (bicyclic) bond motifs is 5. The second-order valence-corrected chi connectivity index (χ2v) is 10.2. The van der Waals surface area contributed by atoms with Gasteiger partial charge in [0, 0.05) is 12.3 Å². The van der Waals surface area contributed by atoms with Crippen LogP contribution in [0.5, 0.6) is 0 Å². The van der Waals surface area contributed by atoms with Crippen molar-refractivity contribution >= 4 is 5.78 Å². The van der Waals surface area contributed by atoms with Crippen molar-refractivity contribution < 1.29 is 9.90 Å². The summed E-state index contributed by atoms with van der Waals surface area (Å²) in [5.41, 5.74) is 3.03. The lowest BCUT2D eigenvalue weighted by Gasteiger charge is -2.59. The number of ketones is 1. The van der Waals surface area contributed by atoms with E-state index in [1.54, 1.807) is 0 Å². The summed E-state index contributed by atoms with van der Waals surface area (Å²) in [6.07, 6.45) is 9.25. The zero-order chi connectivity index (χ0) is 18.8. The Balaban J connectivity index is 1.61. The van der Waals surface area contributed by atoms with E-state index in [4.69, 9.17) is 0 Å². The molecule has 2 nitrogen and oxygen atoms in total. The van der Waals surface area contributed by atoms with Gasteiger partial charge in [-0.1, -0.05) is 49.8 Å². The predicted octanol–water partition coefficient (Wildman–Crippen LogP) is 5.27. The Hall–Kier alpha value is -1.41. The maximum atomic E-state index is 12.4. The summed E-state index contributed by atoms with van der Waals surface area (Å²) in [5, 5.41) is 10.7. The number of carbonyl (C=O) groups excluding carboxylic acids is 1. The Morgan fingerprint density at radius 1 is 1.00 bits per heavy atom. The lowest BCUT2D eigenvalue weighted by Crippen LogP contribution is -2.52. The summed E-state index contributed by atoms with van der Waals surface area (Å²) in [4.78, 5) is 12.4. The van der Waals surface area contributed by atoms with Gasteiger partial charge >= 0.3 is 0 Å². The molecule has 7 atom stereocenters. The zero-order valence-electron chi connectivity index (χ0n) is 16.7. The van der Waals surface area contributed by atoms with Crippen LogP contribution in [-0.4, -0.2) is 17.0 Å². The van der Waals surface area contributed by atoms with Crippen molar-refractivity contribution in [3.05, 3.63) is 47.5 Å². The summed E-state index contributed by atoms with van der Waals surface area (Å²) in [5.74, 6) is 2.65. The van der Waals surface area contributed by atoms with E-state index >= 15 is 0 Å². The fourth-order valence-electron chi connectivity index (χ4n) is 7.62. The van der Waals surface area contributed by atoms with E-state index in [1.807, 2.05) is 6.08 Å². The molecule has 0 saturated heterocycles. The van der Waals surface area contributed by atoms with Crippen molar-refractivity contribution in [3.8, 4) is 0 Å². The molecule has 5 rings (SSSR count). The van der Waals surface area contributed by atoms with Crippen LogP contribution >= 0.6 is 0 Å². The molecular weight excluding hydrogens is 332 g/mol. The van der Waals surface area contributed by atoms with Crippen molar-refractivity contribution in [2.75, 3.05) is 0 Å². The minimum Gasteiger partial charge on any atom is -0.393 e. The van der Waals surface area contributed by atoms with Crippen LogP contribution in [-0.2, 0) is 4.79 Å². The third-order valence-corrected chi connectivity index (χ3v) is 9.16. The molecule has 3 fully saturated rings. The van der Waals surface area contributed by atoms with Gasteiger partial charge in [-0.2, -0.15) is 0 Å². The van der Waals surface area contributed by atoms with E-state index in [0.29, 0.717) is 35.9 Å². The molecule has 0 bridgehead atoms. The van der Waals surface area contributed by atoms with Gasteiger partial charge in [0.1, 0.15) is 0 Å². The average Bonchev–Trinajstić information content (AvgIpc) is 2.98. The average molecular weight is 365 g/mol. The first kappa shape index (κ1) is 17.7. The highest BCUT2D eigenvalue weighted by Crippen LogP contribution is 2.67. The molecule has 3 saturated carbocycles. The van der Waals surface area contributed by atoms with Crippen LogP contribution in [0.2, 0.25) is 0 Å². The molecule has 1 aromatic rings. The normalized spacial score (nSPS) is 46.3. The smallest absolute Gasteiger partial charge is 0.155 e. The molecule has 27 heavy (non-hydrogen) atoms. The molecule has 0 radical (unpaired) electrons. The van der Waals surface area contributed by atoms with Crippen LogP contribution in [0.25, 0.3) is 0 Å². The van der Waals surface area contributed by atoms with E-state index < -0.39 is 0 Å². The molecule has 0 amide bonds. The van der Waals surface area contributed by atoms with Crippen LogP contribution in [0.3, 0.4) is 0 Å². The van der Waals surface area contributed by atoms with Gasteiger partial charge in [0.05, 0.1) is 6.10 Å². The first-order valence-electron chi connectivity index (χ1n) is 10.9. The number of rotatable bonds is 1. The van der Waals surface area contributed by atoms with Gasteiger partial charge in [0.15, 0.2) is 5.78 Å². The van der Waals surface area contributed by atoms with Crippen molar-refractivity contribution in [2.45, 2.75) is 70.8 Å². The van der Waals surface area contributed by atoms with Gasteiger partial charge < -0.3 is 5.11 Å². The van der Waals surface area contributed by atoms with Crippen LogP contribution in [0.4, 0.5) is 0 Å². The van der Waals surface area contributed by atoms with Gasteiger partial charge in [-0.05, 0) is 78.7 Å². The maximum Gasteiger partial charge on any atom is 0.155 e. The highest BCUT2D eigenvalue weighted by atomic mass is 16.3. The topological polar surface area (TPSA) is 37.3 Å². The van der Waals surface area contributed by atoms with Crippen LogP contribution < -0.4 is 0 Å². The molecule has 0 heterocycles. The summed E-state index contributed by atoms with van der Waals surface area (Å²) < 4.78 is 0. The molecule has 144 valence electrons. The lowest BCUT2D eigenvalue weighted by atomic mass is 9.45. The molecule has 1 aromatic carbocycles. The monoisotopic (exact) mass is 364 g/mol. The number of hydrogen-bond acceptors (Lipinski definition) is 2. The maximum absolute atomic E-state index is 12.4. The van der Waals surface area contributed by atoms with Crippen molar-refractivity contribution in [2.24, 2.45) is 28.6 Å². The predicted molar refractivity (Wildman–Crippen MR) is 107 cm³/mol. The molecule has 2 heteroatoms. The van der Waals surface area contributed by atoms with Crippen molar-refractivity contribution in [3.63, 3.8) is 0 Å². The number of carbonyl (C=O) groups is 1. The summed E-state index contributed by atoms with van der Waals surface area (Å²) in [7, 11) is 0. The van der Waals surface area contributed by atoms with E-state index in [0.717, 1.165) is 25.7 Å². The Kier molecular flexibility index (Phi) is 3.95. The van der Waals surface area contributed by atoms with Gasteiger partial charge in [-0.15, -0.1) is 0 Å². The number of aliphatic hydroxyl groups is 1. The minimum atomic E-state index is -0.128. The molecule has 1 N–H and O–H groups in total. The van der Waals surface area contributed by atoms with Gasteiger partial charge in [-0.25, -0.2) is 0 Å². The molecule has 2 unspecified atom stereocenters. The zero-order valence-corrected chi connectivity index (χ0v) is 16.7. The number of allylic oxidation sites excluding steroid dienone is 1. The molecule has 0 aromatic heterocycles. The third-order valence-electron chi connectivity index (χ3n) is 9.16. The fourth-order valence-corrected chi connectivity index (χ4v) is 7.62. The van der Waals surface area contributed by atoms with Crippen molar-refractivity contribution in [1.82, 2.24) is 0 Å². The van der Waals surface area contributed by atoms with E-state index in [1.165, 1.54) is 24.0 Å². The quantitative estimate of drug-likeness (QED) is 0.737. The van der Waals surface area contributed by atoms with Crippen LogP contribution in [0.1, 0.15) is 70.3 Å². The Bertz CT molecular complexity index is 781. The second-order valence-electron chi connectivity index (χ2n) is 10.2. The summed E-state index contributed by atoms with van der Waals surface area (Å²) in [6, 6.07) is 10.8. The highest BCUT2D eigenvalue weighted by molar-refractivity contribution is 5.92.